The third-order valence-corrected chi connectivity index (χ3v) is 4.70. The highest BCUT2D eigenvalue weighted by atomic mass is 35.5. The summed E-state index contributed by atoms with van der Waals surface area (Å²) in [5, 5.41) is 0.530. The van der Waals surface area contributed by atoms with Gasteiger partial charge >= 0.3 is 5.97 Å². The number of nitrogens with zero attached hydrogens (tertiary/aromatic N) is 2. The molecule has 1 amide bonds. The molecule has 0 atom stereocenters. The minimum absolute atomic E-state index is 0.104. The van der Waals surface area contributed by atoms with Crippen LogP contribution >= 0.6 is 22.9 Å². The molecule has 0 aliphatic heterocycles. The third-order valence-electron chi connectivity index (χ3n) is 3.43. The molecule has 0 spiro atoms. The Hall–Kier alpha value is -2.51. The molecular formula is C17H12ClFN2O3S. The van der Waals surface area contributed by atoms with Gasteiger partial charge in [0, 0.05) is 10.6 Å². The Kier molecular flexibility index (Phi) is 4.96. The molecule has 0 radical (unpaired) electrons. The fourth-order valence-electron chi connectivity index (χ4n) is 2.25. The van der Waals surface area contributed by atoms with E-state index in [2.05, 4.69) is 4.99 Å². The smallest absolute Gasteiger partial charge is 0.325 e. The number of carbonyl (C=O) groups is 2. The largest absolute Gasteiger partial charge is 0.468 e. The van der Waals surface area contributed by atoms with E-state index in [0.717, 1.165) is 10.8 Å². The van der Waals surface area contributed by atoms with Gasteiger partial charge in [0.25, 0.3) is 5.91 Å². The first-order valence-corrected chi connectivity index (χ1v) is 8.37. The Balaban J connectivity index is 2.15. The maximum Gasteiger partial charge on any atom is 0.325 e. The molecule has 0 N–H and O–H groups in total. The number of thiazole rings is 1. The number of rotatable bonds is 3. The lowest BCUT2D eigenvalue weighted by atomic mass is 10.2. The average molecular weight is 379 g/mol. The van der Waals surface area contributed by atoms with Crippen LogP contribution in [0.25, 0.3) is 10.2 Å². The molecule has 2 aromatic carbocycles. The fourth-order valence-corrected chi connectivity index (χ4v) is 3.56. The Morgan fingerprint density at radius 2 is 2.08 bits per heavy atom. The molecule has 8 heteroatoms. The van der Waals surface area contributed by atoms with Crippen LogP contribution < -0.4 is 4.80 Å². The third kappa shape index (κ3) is 3.78. The number of esters is 1. The molecule has 0 bridgehead atoms. The number of hydrogen-bond acceptors (Lipinski definition) is 4. The molecule has 3 aromatic rings. The van der Waals surface area contributed by atoms with Crippen molar-refractivity contribution in [2.24, 2.45) is 4.99 Å². The van der Waals surface area contributed by atoms with Gasteiger partial charge in [-0.05, 0) is 36.4 Å². The van der Waals surface area contributed by atoms with E-state index in [-0.39, 0.29) is 12.1 Å². The first kappa shape index (κ1) is 17.3. The second-order valence-corrected chi connectivity index (χ2v) is 6.53. The summed E-state index contributed by atoms with van der Waals surface area (Å²) >= 11 is 7.21. The second kappa shape index (κ2) is 7.16. The van der Waals surface area contributed by atoms with Crippen molar-refractivity contribution >= 4 is 45.0 Å². The Bertz CT molecular complexity index is 1040. The van der Waals surface area contributed by atoms with E-state index >= 15 is 0 Å². The summed E-state index contributed by atoms with van der Waals surface area (Å²) in [6.45, 7) is -0.104. The van der Waals surface area contributed by atoms with Gasteiger partial charge in [0.2, 0.25) is 0 Å². The fraction of sp³-hybridized carbons (Fsp3) is 0.118. The lowest BCUT2D eigenvalue weighted by Gasteiger charge is -2.03. The van der Waals surface area contributed by atoms with Crippen molar-refractivity contribution in [3.63, 3.8) is 0 Å². The van der Waals surface area contributed by atoms with Crippen LogP contribution in [0.1, 0.15) is 10.4 Å². The minimum Gasteiger partial charge on any atom is -0.468 e. The molecule has 1 aromatic heterocycles. The van der Waals surface area contributed by atoms with Gasteiger partial charge in [0.15, 0.2) is 4.80 Å². The first-order chi connectivity index (χ1) is 12.0. The van der Waals surface area contributed by atoms with E-state index in [9.17, 15) is 14.0 Å². The van der Waals surface area contributed by atoms with E-state index in [1.165, 1.54) is 36.6 Å². The zero-order valence-electron chi connectivity index (χ0n) is 13.0. The van der Waals surface area contributed by atoms with Crippen LogP contribution in [0, 0.1) is 5.82 Å². The highest BCUT2D eigenvalue weighted by molar-refractivity contribution is 7.16. The topological polar surface area (TPSA) is 60.7 Å². The summed E-state index contributed by atoms with van der Waals surface area (Å²) in [6.07, 6.45) is 0. The number of halogens is 2. The molecule has 0 saturated heterocycles. The molecule has 0 aliphatic rings. The van der Waals surface area contributed by atoms with Crippen LogP contribution in [0.4, 0.5) is 4.39 Å². The predicted molar refractivity (Wildman–Crippen MR) is 93.1 cm³/mol. The zero-order valence-corrected chi connectivity index (χ0v) is 14.6. The van der Waals surface area contributed by atoms with Gasteiger partial charge in [-0.25, -0.2) is 4.39 Å². The molecule has 128 valence electrons. The van der Waals surface area contributed by atoms with Gasteiger partial charge in [-0.2, -0.15) is 4.99 Å². The van der Waals surface area contributed by atoms with Gasteiger partial charge in [0.05, 0.1) is 17.3 Å². The zero-order chi connectivity index (χ0) is 18.0. The van der Waals surface area contributed by atoms with Crippen molar-refractivity contribution in [2.75, 3.05) is 7.11 Å². The maximum atomic E-state index is 13.3. The highest BCUT2D eigenvalue weighted by Gasteiger charge is 2.13. The van der Waals surface area contributed by atoms with Gasteiger partial charge in [-0.1, -0.05) is 29.0 Å². The monoisotopic (exact) mass is 378 g/mol. The quantitative estimate of drug-likeness (QED) is 0.656. The number of benzene rings is 2. The standard InChI is InChI=1S/C17H12ClFN2O3S/c1-24-15(22)9-21-13-6-5-11(18)8-14(13)25-17(21)20-16(23)10-3-2-4-12(19)7-10/h2-8H,9H2,1H3. The normalized spacial score (nSPS) is 11.7. The lowest BCUT2D eigenvalue weighted by molar-refractivity contribution is -0.141. The van der Waals surface area contributed by atoms with Gasteiger partial charge in [-0.15, -0.1) is 0 Å². The van der Waals surface area contributed by atoms with E-state index in [0.29, 0.717) is 15.3 Å². The number of amides is 1. The van der Waals surface area contributed by atoms with Gasteiger partial charge < -0.3 is 9.30 Å². The summed E-state index contributed by atoms with van der Waals surface area (Å²) < 4.78 is 20.3. The Morgan fingerprint density at radius 1 is 1.28 bits per heavy atom. The van der Waals surface area contributed by atoms with E-state index in [1.807, 2.05) is 0 Å². The van der Waals surface area contributed by atoms with Crippen LogP contribution in [0.2, 0.25) is 5.02 Å². The molecule has 0 saturated carbocycles. The summed E-state index contributed by atoms with van der Waals surface area (Å²) in [5.41, 5.74) is 0.825. The number of ether oxygens (including phenoxy) is 1. The van der Waals surface area contributed by atoms with Gasteiger partial charge in [0.1, 0.15) is 12.4 Å². The summed E-state index contributed by atoms with van der Waals surface area (Å²) in [7, 11) is 1.28. The highest BCUT2D eigenvalue weighted by Crippen LogP contribution is 2.22. The summed E-state index contributed by atoms with van der Waals surface area (Å²) in [6, 6.07) is 10.4. The molecule has 5 nitrogen and oxygen atoms in total. The van der Waals surface area contributed by atoms with Crippen molar-refractivity contribution in [1.82, 2.24) is 4.57 Å². The number of hydrogen-bond donors (Lipinski definition) is 0. The van der Waals surface area contributed by atoms with Crippen LogP contribution in [0.3, 0.4) is 0 Å². The molecular weight excluding hydrogens is 367 g/mol. The van der Waals surface area contributed by atoms with Crippen LogP contribution in [0.15, 0.2) is 47.5 Å². The molecule has 0 aliphatic carbocycles. The number of carbonyl (C=O) groups excluding carboxylic acids is 2. The molecule has 25 heavy (non-hydrogen) atoms. The Labute approximate surface area is 151 Å². The van der Waals surface area contributed by atoms with E-state index in [1.54, 1.807) is 22.8 Å². The lowest BCUT2D eigenvalue weighted by Crippen LogP contribution is -2.22. The van der Waals surface area contributed by atoms with Crippen molar-refractivity contribution in [3.8, 4) is 0 Å². The van der Waals surface area contributed by atoms with Crippen LogP contribution in [-0.4, -0.2) is 23.6 Å². The average Bonchev–Trinajstić information content (AvgIpc) is 2.91. The van der Waals surface area contributed by atoms with Crippen LogP contribution in [0.5, 0.6) is 0 Å². The van der Waals surface area contributed by atoms with Crippen molar-refractivity contribution < 1.29 is 18.7 Å². The first-order valence-electron chi connectivity index (χ1n) is 7.18. The molecule has 0 fully saturated rings. The molecule has 0 unspecified atom stereocenters. The summed E-state index contributed by atoms with van der Waals surface area (Å²) in [4.78, 5) is 28.4. The number of aromatic nitrogens is 1. The maximum absolute atomic E-state index is 13.3. The van der Waals surface area contributed by atoms with Gasteiger partial charge in [-0.3, -0.25) is 9.59 Å². The Morgan fingerprint density at radius 3 is 2.80 bits per heavy atom. The van der Waals surface area contributed by atoms with Crippen molar-refractivity contribution in [1.29, 1.82) is 0 Å². The number of methoxy groups -OCH3 is 1. The van der Waals surface area contributed by atoms with Crippen molar-refractivity contribution in [3.05, 3.63) is 63.7 Å². The SMILES string of the molecule is COC(=O)Cn1c(=NC(=O)c2cccc(F)c2)sc2cc(Cl)ccc21. The van der Waals surface area contributed by atoms with E-state index in [4.69, 9.17) is 16.3 Å². The second-order valence-electron chi connectivity index (χ2n) is 5.09. The van der Waals surface area contributed by atoms with Crippen molar-refractivity contribution in [2.45, 2.75) is 6.54 Å². The predicted octanol–water partition coefficient (Wildman–Crippen LogP) is 3.41. The van der Waals surface area contributed by atoms with Crippen LogP contribution in [-0.2, 0) is 16.1 Å². The summed E-state index contributed by atoms with van der Waals surface area (Å²) in [5.74, 6) is -1.60. The van der Waals surface area contributed by atoms with E-state index < -0.39 is 17.7 Å². The minimum atomic E-state index is -0.601. The molecule has 3 rings (SSSR count). The number of fused-ring (bicyclic) bond motifs is 1. The molecule has 1 heterocycles.